The van der Waals surface area contributed by atoms with Crippen molar-refractivity contribution in [2.45, 2.75) is 74.9 Å². The molecule has 4 aromatic carbocycles. The number of benzene rings is 4. The standard InChI is InChI=1S/C48H50Cl2F6N4O5/c1-31-9-12-37(13-10-31)57-42(61)8-5-18-58(2)43(62)29-64-41-26-32-6-3-4-7-38(32)45(41)15-19-59(20-16-45)21-17-46(34-11-14-39(49)40(50)28-34)30-60(22-23-65-46)44(63)33-24-35(47(51,52)53)27-36(25-33)48(54,55)56/h3-4,6-7,9-14,24-25,27-28,41H,5,8,15-23,26,29-30H2,1-2H3,(H,57,61)/t41-,46-/m0/s1. The van der Waals surface area contributed by atoms with Gasteiger partial charge in [0.15, 0.2) is 0 Å². The Morgan fingerprint density at radius 3 is 2.22 bits per heavy atom. The highest BCUT2D eigenvalue weighted by Crippen LogP contribution is 2.48. The zero-order valence-electron chi connectivity index (χ0n) is 36.0. The molecule has 3 amide bonds. The minimum atomic E-state index is -5.12. The van der Waals surface area contributed by atoms with Crippen LogP contribution in [-0.4, -0.2) is 98.1 Å². The van der Waals surface area contributed by atoms with Crippen LogP contribution in [0.2, 0.25) is 10.0 Å². The van der Waals surface area contributed by atoms with Crippen LogP contribution < -0.4 is 5.32 Å². The lowest BCUT2D eigenvalue weighted by atomic mass is 9.72. The maximum Gasteiger partial charge on any atom is 0.416 e. The number of nitrogens with zero attached hydrogens (tertiary/aromatic N) is 3. The average molecular weight is 948 g/mol. The highest BCUT2D eigenvalue weighted by Gasteiger charge is 2.50. The summed E-state index contributed by atoms with van der Waals surface area (Å²) in [5, 5.41) is 3.35. The number of rotatable bonds is 13. The van der Waals surface area contributed by atoms with E-state index in [0.29, 0.717) is 76.0 Å². The van der Waals surface area contributed by atoms with Gasteiger partial charge in [-0.1, -0.05) is 71.2 Å². The van der Waals surface area contributed by atoms with Gasteiger partial charge >= 0.3 is 12.4 Å². The summed E-state index contributed by atoms with van der Waals surface area (Å²) in [6, 6.07) is 21.5. The molecule has 2 aliphatic heterocycles. The largest absolute Gasteiger partial charge is 0.416 e. The predicted molar refractivity (Wildman–Crippen MR) is 235 cm³/mol. The summed E-state index contributed by atoms with van der Waals surface area (Å²) in [6.45, 7) is 3.67. The number of hydrogen-bond acceptors (Lipinski definition) is 6. The maximum absolute atomic E-state index is 13.9. The Kier molecular flexibility index (Phi) is 14.6. The molecule has 7 rings (SSSR count). The number of ether oxygens (including phenoxy) is 2. The van der Waals surface area contributed by atoms with E-state index >= 15 is 0 Å². The number of likely N-dealkylation sites (tertiary alicyclic amines) is 1. The molecule has 1 N–H and O–H groups in total. The summed E-state index contributed by atoms with van der Waals surface area (Å²) < 4.78 is 95.5. The second-order valence-corrected chi connectivity index (χ2v) is 18.0. The molecule has 17 heteroatoms. The van der Waals surface area contributed by atoms with E-state index in [1.54, 1.807) is 30.1 Å². The average Bonchev–Trinajstić information content (AvgIpc) is 3.57. The molecule has 2 heterocycles. The third kappa shape index (κ3) is 11.1. The Hall–Kier alpha value is -4.67. The van der Waals surface area contributed by atoms with Crippen LogP contribution in [0.4, 0.5) is 32.0 Å². The SMILES string of the molecule is Cc1ccc(NC(=O)CCCN(C)C(=O)CO[C@H]2Cc3ccccc3C23CCN(CC[C@@]2(c4ccc(Cl)c(Cl)c4)CN(C(=O)c4cc(C(F)(F)F)cc(C(F)(F)F)c4)CCO2)CC3)cc1. The summed E-state index contributed by atoms with van der Waals surface area (Å²) in [6.07, 6.45) is -7.42. The number of likely N-dealkylation sites (N-methyl/N-ethyl adjacent to an activating group) is 1. The van der Waals surface area contributed by atoms with E-state index < -0.39 is 40.6 Å². The lowest BCUT2D eigenvalue weighted by molar-refractivity contribution is -0.143. The molecule has 0 aromatic heterocycles. The molecule has 2 saturated heterocycles. The van der Waals surface area contributed by atoms with Gasteiger partial charge in [-0.2, -0.15) is 26.3 Å². The Morgan fingerprint density at radius 2 is 1.55 bits per heavy atom. The Morgan fingerprint density at radius 1 is 0.877 bits per heavy atom. The topological polar surface area (TPSA) is 91.4 Å². The van der Waals surface area contributed by atoms with Crippen LogP contribution in [-0.2, 0) is 48.9 Å². The van der Waals surface area contributed by atoms with E-state index in [0.717, 1.165) is 16.8 Å². The van der Waals surface area contributed by atoms with Crippen LogP contribution in [0, 0.1) is 6.92 Å². The summed E-state index contributed by atoms with van der Waals surface area (Å²) >= 11 is 12.7. The molecule has 0 radical (unpaired) electrons. The van der Waals surface area contributed by atoms with E-state index in [-0.39, 0.29) is 72.2 Å². The zero-order valence-corrected chi connectivity index (χ0v) is 37.5. The van der Waals surface area contributed by atoms with E-state index in [1.807, 2.05) is 43.3 Å². The molecule has 1 aliphatic carbocycles. The summed E-state index contributed by atoms with van der Waals surface area (Å²) in [5.41, 5.74) is -0.793. The first-order valence-corrected chi connectivity index (χ1v) is 22.2. The molecule has 65 heavy (non-hydrogen) atoms. The zero-order chi connectivity index (χ0) is 46.7. The number of morpholine rings is 1. The second kappa shape index (κ2) is 19.7. The Balaban J connectivity index is 1.01. The predicted octanol–water partition coefficient (Wildman–Crippen LogP) is 9.95. The fourth-order valence-corrected chi connectivity index (χ4v) is 9.59. The number of nitrogens with one attached hydrogen (secondary N) is 1. The number of fused-ring (bicyclic) bond motifs is 2. The number of alkyl halides is 6. The lowest BCUT2D eigenvalue weighted by Crippen LogP contribution is -2.54. The van der Waals surface area contributed by atoms with Gasteiger partial charge in [0.25, 0.3) is 5.91 Å². The van der Waals surface area contributed by atoms with Gasteiger partial charge in [0.2, 0.25) is 11.8 Å². The van der Waals surface area contributed by atoms with Crippen LogP contribution >= 0.6 is 23.2 Å². The quantitative estimate of drug-likeness (QED) is 0.134. The van der Waals surface area contributed by atoms with Crippen LogP contribution in [0.3, 0.4) is 0 Å². The third-order valence-electron chi connectivity index (χ3n) is 13.0. The van der Waals surface area contributed by atoms with E-state index in [1.165, 1.54) is 10.5 Å². The molecule has 2 fully saturated rings. The number of amides is 3. The van der Waals surface area contributed by atoms with Crippen molar-refractivity contribution < 1.29 is 50.2 Å². The molecule has 3 aliphatic rings. The number of carbonyl (C=O) groups is 3. The first kappa shape index (κ1) is 48.3. The van der Waals surface area contributed by atoms with Gasteiger partial charge in [0, 0.05) is 49.8 Å². The van der Waals surface area contributed by atoms with Crippen molar-refractivity contribution in [3.63, 3.8) is 0 Å². The van der Waals surface area contributed by atoms with Crippen LogP contribution in [0.25, 0.3) is 0 Å². The van der Waals surface area contributed by atoms with Crippen molar-refractivity contribution in [3.05, 3.63) is 134 Å². The minimum Gasteiger partial charge on any atom is -0.367 e. The number of anilines is 1. The Bertz CT molecular complexity index is 2340. The number of piperidine rings is 1. The van der Waals surface area contributed by atoms with Crippen LogP contribution in [0.5, 0.6) is 0 Å². The summed E-state index contributed by atoms with van der Waals surface area (Å²) in [4.78, 5) is 44.8. The van der Waals surface area contributed by atoms with Gasteiger partial charge < -0.3 is 29.5 Å². The van der Waals surface area contributed by atoms with Gasteiger partial charge in [-0.15, -0.1) is 0 Å². The smallest absolute Gasteiger partial charge is 0.367 e. The van der Waals surface area contributed by atoms with Crippen molar-refractivity contribution in [1.29, 1.82) is 0 Å². The van der Waals surface area contributed by atoms with E-state index in [2.05, 4.69) is 22.3 Å². The summed E-state index contributed by atoms with van der Waals surface area (Å²) in [5.74, 6) is -1.31. The number of carbonyl (C=O) groups excluding carboxylic acids is 3. The monoisotopic (exact) mass is 946 g/mol. The highest BCUT2D eigenvalue weighted by atomic mass is 35.5. The minimum absolute atomic E-state index is 0.00387. The molecule has 1 spiro atoms. The molecule has 4 aromatic rings. The Labute approximate surface area is 383 Å². The molecule has 0 unspecified atom stereocenters. The molecule has 0 saturated carbocycles. The van der Waals surface area contributed by atoms with Crippen molar-refractivity contribution in [2.24, 2.45) is 0 Å². The van der Waals surface area contributed by atoms with Gasteiger partial charge in [0.1, 0.15) is 12.2 Å². The second-order valence-electron chi connectivity index (χ2n) is 17.2. The van der Waals surface area contributed by atoms with Gasteiger partial charge in [-0.3, -0.25) is 14.4 Å². The number of aryl methyl sites for hydroxylation is 1. The molecule has 348 valence electrons. The van der Waals surface area contributed by atoms with Crippen molar-refractivity contribution in [3.8, 4) is 0 Å². The fourth-order valence-electron chi connectivity index (χ4n) is 9.29. The molecule has 0 bridgehead atoms. The lowest BCUT2D eigenvalue weighted by Gasteiger charge is -2.46. The van der Waals surface area contributed by atoms with E-state index in [9.17, 15) is 40.7 Å². The van der Waals surface area contributed by atoms with Gasteiger partial charge in [-0.05, 0) is 111 Å². The molecular formula is C48H50Cl2F6N4O5. The number of halogens is 8. The van der Waals surface area contributed by atoms with Crippen LogP contribution in [0.1, 0.15) is 75.8 Å². The molecular weight excluding hydrogens is 897 g/mol. The molecule has 2 atom stereocenters. The van der Waals surface area contributed by atoms with Crippen molar-refractivity contribution in [1.82, 2.24) is 14.7 Å². The van der Waals surface area contributed by atoms with E-state index in [4.69, 9.17) is 32.7 Å². The summed E-state index contributed by atoms with van der Waals surface area (Å²) in [7, 11) is 1.70. The van der Waals surface area contributed by atoms with Crippen LogP contribution in [0.15, 0.2) is 84.9 Å². The maximum atomic E-state index is 13.9. The third-order valence-corrected chi connectivity index (χ3v) is 13.7. The first-order chi connectivity index (χ1) is 30.8. The normalized spacial score (nSPS) is 19.8. The fraction of sp³-hybridized carbons (Fsp3) is 0.438. The van der Waals surface area contributed by atoms with Gasteiger partial charge in [-0.25, -0.2) is 0 Å². The molecule has 9 nitrogen and oxygen atoms in total. The first-order valence-electron chi connectivity index (χ1n) is 21.5. The number of hydrogen-bond donors (Lipinski definition) is 1. The van der Waals surface area contributed by atoms with Gasteiger partial charge in [0.05, 0.1) is 40.4 Å². The van der Waals surface area contributed by atoms with Crippen molar-refractivity contribution >= 4 is 46.6 Å². The highest BCUT2D eigenvalue weighted by molar-refractivity contribution is 6.42. The van der Waals surface area contributed by atoms with Crippen molar-refractivity contribution in [2.75, 3.05) is 64.8 Å².